The molecule has 0 saturated heterocycles. The molecular weight excluding hydrogens is 236 g/mol. The monoisotopic (exact) mass is 262 g/mol. The molecule has 1 amide bonds. The summed E-state index contributed by atoms with van der Waals surface area (Å²) in [7, 11) is 0. The zero-order valence-corrected chi connectivity index (χ0v) is 12.4. The summed E-state index contributed by atoms with van der Waals surface area (Å²) in [5.74, 6) is 0.491. The van der Waals surface area contributed by atoms with Crippen molar-refractivity contribution < 1.29 is 4.79 Å². The average Bonchev–Trinajstić information content (AvgIpc) is 2.39. The van der Waals surface area contributed by atoms with Gasteiger partial charge in [0.2, 0.25) is 5.91 Å². The molecule has 1 aromatic carbocycles. The molecule has 0 bridgehead atoms. The highest BCUT2D eigenvalue weighted by Gasteiger charge is 2.31. The summed E-state index contributed by atoms with van der Waals surface area (Å²) in [6, 6.07) is 9.64. The molecule has 19 heavy (non-hydrogen) atoms. The first-order valence-corrected chi connectivity index (χ1v) is 7.03. The van der Waals surface area contributed by atoms with Crippen LogP contribution in [0.3, 0.4) is 0 Å². The highest BCUT2D eigenvalue weighted by molar-refractivity contribution is 5.87. The minimum Gasteiger partial charge on any atom is -0.352 e. The van der Waals surface area contributed by atoms with E-state index in [0.717, 1.165) is 18.4 Å². The summed E-state index contributed by atoms with van der Waals surface area (Å²) in [4.78, 5) is 12.3. The van der Waals surface area contributed by atoms with E-state index in [2.05, 4.69) is 19.2 Å². The number of carbonyl (C=O) groups is 1. The number of rotatable bonds is 6. The number of hydrogen-bond acceptors (Lipinski definition) is 2. The van der Waals surface area contributed by atoms with Crippen LogP contribution in [-0.4, -0.2) is 11.9 Å². The van der Waals surface area contributed by atoms with Gasteiger partial charge in [0, 0.05) is 6.04 Å². The van der Waals surface area contributed by atoms with Gasteiger partial charge in [0.25, 0.3) is 0 Å². The molecule has 3 unspecified atom stereocenters. The van der Waals surface area contributed by atoms with Crippen molar-refractivity contribution in [1.82, 2.24) is 5.32 Å². The van der Waals surface area contributed by atoms with Gasteiger partial charge in [-0.05, 0) is 31.7 Å². The summed E-state index contributed by atoms with van der Waals surface area (Å²) in [6.07, 6.45) is 2.10. The smallest absolute Gasteiger partial charge is 0.244 e. The first kappa shape index (κ1) is 15.7. The molecule has 0 spiro atoms. The second-order valence-electron chi connectivity index (χ2n) is 5.69. The van der Waals surface area contributed by atoms with Crippen LogP contribution in [0.25, 0.3) is 0 Å². The number of benzene rings is 1. The number of nitrogens with one attached hydrogen (secondary N) is 1. The minimum absolute atomic E-state index is 0.116. The molecule has 1 rings (SSSR count). The molecule has 1 aromatic rings. The largest absolute Gasteiger partial charge is 0.352 e. The first-order valence-electron chi connectivity index (χ1n) is 7.03. The Morgan fingerprint density at radius 1 is 1.32 bits per heavy atom. The van der Waals surface area contributed by atoms with Crippen molar-refractivity contribution in [3.8, 4) is 0 Å². The Bertz CT molecular complexity index is 400. The van der Waals surface area contributed by atoms with Crippen LogP contribution in [0.1, 0.15) is 46.1 Å². The highest BCUT2D eigenvalue weighted by Crippen LogP contribution is 2.18. The van der Waals surface area contributed by atoms with Crippen LogP contribution >= 0.6 is 0 Å². The minimum atomic E-state index is -0.981. The van der Waals surface area contributed by atoms with Gasteiger partial charge in [-0.15, -0.1) is 0 Å². The van der Waals surface area contributed by atoms with Gasteiger partial charge >= 0.3 is 0 Å². The predicted octanol–water partition coefficient (Wildman–Crippen LogP) is 2.80. The van der Waals surface area contributed by atoms with Crippen molar-refractivity contribution in [3.05, 3.63) is 35.9 Å². The Labute approximate surface area is 116 Å². The predicted molar refractivity (Wildman–Crippen MR) is 79.7 cm³/mol. The quantitative estimate of drug-likeness (QED) is 0.828. The molecule has 0 heterocycles. The van der Waals surface area contributed by atoms with E-state index in [1.165, 1.54) is 0 Å². The van der Waals surface area contributed by atoms with Gasteiger partial charge in [-0.1, -0.05) is 50.6 Å². The van der Waals surface area contributed by atoms with Gasteiger partial charge in [-0.3, -0.25) is 4.79 Å². The van der Waals surface area contributed by atoms with E-state index in [-0.39, 0.29) is 11.9 Å². The van der Waals surface area contributed by atoms with Gasteiger partial charge < -0.3 is 11.1 Å². The van der Waals surface area contributed by atoms with Gasteiger partial charge in [0.15, 0.2) is 0 Å². The second-order valence-corrected chi connectivity index (χ2v) is 5.69. The SMILES string of the molecule is CCC(C)CC(C)NC(=O)C(C)(N)c1ccccc1. The van der Waals surface area contributed by atoms with Gasteiger partial charge in [0.1, 0.15) is 5.54 Å². The normalized spacial score (nSPS) is 17.3. The van der Waals surface area contributed by atoms with Crippen LogP contribution in [0, 0.1) is 5.92 Å². The van der Waals surface area contributed by atoms with E-state index in [1.807, 2.05) is 37.3 Å². The number of hydrogen-bond donors (Lipinski definition) is 2. The molecule has 0 aliphatic carbocycles. The van der Waals surface area contributed by atoms with Crippen molar-refractivity contribution in [2.45, 2.75) is 52.1 Å². The lowest BCUT2D eigenvalue weighted by Crippen LogP contribution is -2.51. The maximum atomic E-state index is 12.3. The summed E-state index contributed by atoms with van der Waals surface area (Å²) in [5, 5.41) is 3.02. The van der Waals surface area contributed by atoms with Crippen LogP contribution in [0.15, 0.2) is 30.3 Å². The van der Waals surface area contributed by atoms with Crippen LogP contribution < -0.4 is 11.1 Å². The maximum Gasteiger partial charge on any atom is 0.244 e. The Kier molecular flexibility index (Phi) is 5.55. The van der Waals surface area contributed by atoms with Crippen molar-refractivity contribution in [3.63, 3.8) is 0 Å². The summed E-state index contributed by atoms with van der Waals surface area (Å²) in [6.45, 7) is 8.15. The zero-order valence-electron chi connectivity index (χ0n) is 12.4. The number of nitrogens with two attached hydrogens (primary N) is 1. The molecule has 3 N–H and O–H groups in total. The topological polar surface area (TPSA) is 55.1 Å². The summed E-state index contributed by atoms with van der Waals surface area (Å²) >= 11 is 0. The Morgan fingerprint density at radius 3 is 2.42 bits per heavy atom. The molecule has 0 fully saturated rings. The van der Waals surface area contributed by atoms with Crippen LogP contribution in [0.2, 0.25) is 0 Å². The van der Waals surface area contributed by atoms with Crippen LogP contribution in [0.4, 0.5) is 0 Å². The summed E-state index contributed by atoms with van der Waals surface area (Å²) in [5.41, 5.74) is 6.04. The average molecular weight is 262 g/mol. The van der Waals surface area contributed by atoms with E-state index in [0.29, 0.717) is 5.92 Å². The molecule has 0 aliphatic rings. The lowest BCUT2D eigenvalue weighted by molar-refractivity contribution is -0.126. The molecule has 106 valence electrons. The molecule has 0 radical (unpaired) electrons. The molecule has 3 nitrogen and oxygen atoms in total. The third-order valence-electron chi connectivity index (χ3n) is 3.68. The number of amides is 1. The fraction of sp³-hybridized carbons (Fsp3) is 0.562. The Hall–Kier alpha value is -1.35. The van der Waals surface area contributed by atoms with Crippen molar-refractivity contribution in [2.24, 2.45) is 11.7 Å². The lowest BCUT2D eigenvalue weighted by Gasteiger charge is -2.27. The van der Waals surface area contributed by atoms with E-state index >= 15 is 0 Å². The van der Waals surface area contributed by atoms with Gasteiger partial charge in [0.05, 0.1) is 0 Å². The van der Waals surface area contributed by atoms with Crippen molar-refractivity contribution >= 4 is 5.91 Å². The molecular formula is C16H26N2O. The Morgan fingerprint density at radius 2 is 1.89 bits per heavy atom. The standard InChI is InChI=1S/C16H26N2O/c1-5-12(2)11-13(3)18-15(19)16(4,17)14-9-7-6-8-10-14/h6-10,12-13H,5,11,17H2,1-4H3,(H,18,19). The molecule has 0 aromatic heterocycles. The lowest BCUT2D eigenvalue weighted by atomic mass is 9.91. The van der Waals surface area contributed by atoms with E-state index in [4.69, 9.17) is 5.73 Å². The van der Waals surface area contributed by atoms with Gasteiger partial charge in [-0.2, -0.15) is 0 Å². The molecule has 3 atom stereocenters. The molecule has 0 saturated carbocycles. The van der Waals surface area contributed by atoms with Crippen LogP contribution in [0.5, 0.6) is 0 Å². The Balaban J connectivity index is 2.67. The maximum absolute atomic E-state index is 12.3. The third kappa shape index (κ3) is 4.35. The van der Waals surface area contributed by atoms with E-state index < -0.39 is 5.54 Å². The van der Waals surface area contributed by atoms with E-state index in [9.17, 15) is 4.79 Å². The van der Waals surface area contributed by atoms with E-state index in [1.54, 1.807) is 6.92 Å². The van der Waals surface area contributed by atoms with Crippen molar-refractivity contribution in [2.75, 3.05) is 0 Å². The first-order chi connectivity index (χ1) is 8.87. The second kappa shape index (κ2) is 6.71. The number of carbonyl (C=O) groups excluding carboxylic acids is 1. The summed E-state index contributed by atoms with van der Waals surface area (Å²) < 4.78 is 0. The van der Waals surface area contributed by atoms with Crippen molar-refractivity contribution in [1.29, 1.82) is 0 Å². The van der Waals surface area contributed by atoms with Crippen LogP contribution in [-0.2, 0) is 10.3 Å². The fourth-order valence-corrected chi connectivity index (χ4v) is 2.12. The fourth-order valence-electron chi connectivity index (χ4n) is 2.12. The molecule has 3 heteroatoms. The molecule has 0 aliphatic heterocycles. The zero-order chi connectivity index (χ0) is 14.5. The van der Waals surface area contributed by atoms with Gasteiger partial charge in [-0.25, -0.2) is 0 Å². The highest BCUT2D eigenvalue weighted by atomic mass is 16.2. The third-order valence-corrected chi connectivity index (χ3v) is 3.68.